The third-order valence-corrected chi connectivity index (χ3v) is 2.43. The Kier molecular flexibility index (Phi) is 2.90. The van der Waals surface area contributed by atoms with Gasteiger partial charge in [0.05, 0.1) is 6.54 Å². The first-order chi connectivity index (χ1) is 6.49. The average molecular weight is 197 g/mol. The van der Waals surface area contributed by atoms with Crippen molar-refractivity contribution in [1.82, 2.24) is 14.9 Å². The summed E-state index contributed by atoms with van der Waals surface area (Å²) in [5.41, 5.74) is -0.953. The van der Waals surface area contributed by atoms with E-state index in [1.54, 1.807) is 26.4 Å². The molecule has 0 saturated carbocycles. The first-order valence-corrected chi connectivity index (χ1v) is 4.39. The molecule has 1 atom stereocenters. The quantitative estimate of drug-likeness (QED) is 0.726. The zero-order valence-corrected chi connectivity index (χ0v) is 8.61. The van der Waals surface area contributed by atoms with Crippen LogP contribution in [0, 0.1) is 6.92 Å². The zero-order valence-electron chi connectivity index (χ0n) is 8.61. The standard InChI is InChI=1S/C9H15N3O2/c1-7-11-4-5-12(7)6-9(2,10-3)8(13)14/h4-5,10H,6H2,1-3H3,(H,13,14). The lowest BCUT2D eigenvalue weighted by molar-refractivity contribution is -0.144. The van der Waals surface area contributed by atoms with Crippen molar-refractivity contribution < 1.29 is 9.90 Å². The fraction of sp³-hybridized carbons (Fsp3) is 0.556. The van der Waals surface area contributed by atoms with E-state index in [1.165, 1.54) is 0 Å². The summed E-state index contributed by atoms with van der Waals surface area (Å²) in [5.74, 6) is -0.0548. The smallest absolute Gasteiger partial charge is 0.325 e. The predicted molar refractivity (Wildman–Crippen MR) is 52.1 cm³/mol. The molecule has 0 fully saturated rings. The van der Waals surface area contributed by atoms with Gasteiger partial charge in [-0.25, -0.2) is 4.98 Å². The van der Waals surface area contributed by atoms with Crippen LogP contribution in [0.1, 0.15) is 12.7 Å². The molecule has 0 aliphatic heterocycles. The summed E-state index contributed by atoms with van der Waals surface area (Å²) in [5, 5.41) is 11.8. The number of hydrogen-bond acceptors (Lipinski definition) is 3. The topological polar surface area (TPSA) is 67.2 Å². The van der Waals surface area contributed by atoms with Crippen molar-refractivity contribution in [2.75, 3.05) is 7.05 Å². The van der Waals surface area contributed by atoms with Crippen LogP contribution in [0.15, 0.2) is 12.4 Å². The van der Waals surface area contributed by atoms with E-state index in [1.807, 2.05) is 11.5 Å². The number of carboxylic acid groups (broad SMARTS) is 1. The summed E-state index contributed by atoms with van der Waals surface area (Å²) in [6.07, 6.45) is 3.43. The normalized spacial score (nSPS) is 15.1. The van der Waals surface area contributed by atoms with E-state index in [0.29, 0.717) is 6.54 Å². The molecule has 5 nitrogen and oxygen atoms in total. The molecule has 0 amide bonds. The number of aromatic nitrogens is 2. The van der Waals surface area contributed by atoms with Crippen LogP contribution < -0.4 is 5.32 Å². The third-order valence-electron chi connectivity index (χ3n) is 2.43. The number of carboxylic acids is 1. The number of likely N-dealkylation sites (N-methyl/N-ethyl adjacent to an activating group) is 1. The lowest BCUT2D eigenvalue weighted by Crippen LogP contribution is -2.50. The summed E-state index contributed by atoms with van der Waals surface area (Å²) in [4.78, 5) is 15.0. The number of rotatable bonds is 4. The van der Waals surface area contributed by atoms with Gasteiger partial charge in [0.25, 0.3) is 0 Å². The minimum atomic E-state index is -0.953. The predicted octanol–water partition coefficient (Wildman–Crippen LogP) is 0.254. The van der Waals surface area contributed by atoms with Crippen LogP contribution in [0.4, 0.5) is 0 Å². The Morgan fingerprint density at radius 1 is 1.79 bits per heavy atom. The van der Waals surface area contributed by atoms with Gasteiger partial charge in [0.15, 0.2) is 0 Å². The molecule has 5 heteroatoms. The second-order valence-electron chi connectivity index (χ2n) is 3.49. The molecule has 1 aromatic rings. The molecule has 0 aliphatic rings. The lowest BCUT2D eigenvalue weighted by Gasteiger charge is -2.24. The Bertz CT molecular complexity index is 335. The van der Waals surface area contributed by atoms with Crippen molar-refractivity contribution in [3.05, 3.63) is 18.2 Å². The molecule has 1 heterocycles. The highest BCUT2D eigenvalue weighted by atomic mass is 16.4. The Balaban J connectivity index is 2.86. The monoisotopic (exact) mass is 197 g/mol. The van der Waals surface area contributed by atoms with Crippen molar-refractivity contribution >= 4 is 5.97 Å². The molecular formula is C9H15N3O2. The van der Waals surface area contributed by atoms with Gasteiger partial charge >= 0.3 is 5.97 Å². The van der Waals surface area contributed by atoms with E-state index in [-0.39, 0.29) is 0 Å². The van der Waals surface area contributed by atoms with Gasteiger partial charge in [-0.1, -0.05) is 0 Å². The van der Waals surface area contributed by atoms with Crippen molar-refractivity contribution in [3.63, 3.8) is 0 Å². The Morgan fingerprint density at radius 3 is 2.79 bits per heavy atom. The Morgan fingerprint density at radius 2 is 2.43 bits per heavy atom. The van der Waals surface area contributed by atoms with Crippen molar-refractivity contribution in [2.24, 2.45) is 0 Å². The van der Waals surface area contributed by atoms with Crippen molar-refractivity contribution in [3.8, 4) is 0 Å². The zero-order chi connectivity index (χ0) is 10.8. The van der Waals surface area contributed by atoms with Crippen LogP contribution in [0.2, 0.25) is 0 Å². The average Bonchev–Trinajstić information content (AvgIpc) is 2.51. The highest BCUT2D eigenvalue weighted by Crippen LogP contribution is 2.09. The molecule has 1 aromatic heterocycles. The second kappa shape index (κ2) is 3.79. The molecule has 0 aliphatic carbocycles. The summed E-state index contributed by atoms with van der Waals surface area (Å²) in [6.45, 7) is 3.86. The maximum absolute atomic E-state index is 11.0. The van der Waals surface area contributed by atoms with Crippen LogP contribution in [0.5, 0.6) is 0 Å². The molecule has 2 N–H and O–H groups in total. The molecule has 78 valence electrons. The second-order valence-corrected chi connectivity index (χ2v) is 3.49. The van der Waals surface area contributed by atoms with E-state index < -0.39 is 11.5 Å². The minimum Gasteiger partial charge on any atom is -0.480 e. The highest BCUT2D eigenvalue weighted by molar-refractivity contribution is 5.78. The molecule has 0 saturated heterocycles. The van der Waals surface area contributed by atoms with E-state index in [4.69, 9.17) is 5.11 Å². The fourth-order valence-electron chi connectivity index (χ4n) is 1.17. The van der Waals surface area contributed by atoms with Crippen molar-refractivity contribution in [2.45, 2.75) is 25.9 Å². The third kappa shape index (κ3) is 1.93. The number of aliphatic carboxylic acids is 1. The fourth-order valence-corrected chi connectivity index (χ4v) is 1.17. The summed E-state index contributed by atoms with van der Waals surface area (Å²) in [6, 6.07) is 0. The molecule has 0 spiro atoms. The van der Waals surface area contributed by atoms with E-state index in [2.05, 4.69) is 10.3 Å². The number of imidazole rings is 1. The largest absolute Gasteiger partial charge is 0.480 e. The molecule has 0 radical (unpaired) electrons. The summed E-state index contributed by atoms with van der Waals surface area (Å²) >= 11 is 0. The van der Waals surface area contributed by atoms with Gasteiger partial charge in [0.1, 0.15) is 11.4 Å². The van der Waals surface area contributed by atoms with Crippen LogP contribution >= 0.6 is 0 Å². The van der Waals surface area contributed by atoms with Gasteiger partial charge in [-0.3, -0.25) is 4.79 Å². The van der Waals surface area contributed by atoms with E-state index in [9.17, 15) is 4.79 Å². The Hall–Kier alpha value is -1.36. The SMILES string of the molecule is CNC(C)(Cn1ccnc1C)C(=O)O. The van der Waals surface area contributed by atoms with Gasteiger partial charge in [-0.15, -0.1) is 0 Å². The first-order valence-electron chi connectivity index (χ1n) is 4.39. The first kappa shape index (κ1) is 10.7. The van der Waals surface area contributed by atoms with E-state index >= 15 is 0 Å². The van der Waals surface area contributed by atoms with Crippen LogP contribution in [-0.2, 0) is 11.3 Å². The molecule has 0 aromatic carbocycles. The number of nitrogens with zero attached hydrogens (tertiary/aromatic N) is 2. The van der Waals surface area contributed by atoms with Crippen LogP contribution in [-0.4, -0.2) is 33.2 Å². The van der Waals surface area contributed by atoms with Gasteiger partial charge in [0, 0.05) is 12.4 Å². The van der Waals surface area contributed by atoms with Crippen LogP contribution in [0.3, 0.4) is 0 Å². The number of nitrogens with one attached hydrogen (secondary N) is 1. The Labute approximate surface area is 82.8 Å². The molecular weight excluding hydrogens is 182 g/mol. The van der Waals surface area contributed by atoms with E-state index in [0.717, 1.165) is 5.82 Å². The molecule has 1 rings (SSSR count). The highest BCUT2D eigenvalue weighted by Gasteiger charge is 2.31. The summed E-state index contributed by atoms with van der Waals surface area (Å²) < 4.78 is 1.81. The molecule has 1 unspecified atom stereocenters. The lowest BCUT2D eigenvalue weighted by atomic mass is 10.0. The van der Waals surface area contributed by atoms with Gasteiger partial charge in [-0.2, -0.15) is 0 Å². The summed E-state index contributed by atoms with van der Waals surface area (Å²) in [7, 11) is 1.64. The van der Waals surface area contributed by atoms with Gasteiger partial charge < -0.3 is 15.0 Å². The van der Waals surface area contributed by atoms with Gasteiger partial charge in [-0.05, 0) is 20.9 Å². The number of hydrogen-bond donors (Lipinski definition) is 2. The maximum atomic E-state index is 11.0. The maximum Gasteiger partial charge on any atom is 0.325 e. The molecule has 14 heavy (non-hydrogen) atoms. The van der Waals surface area contributed by atoms with Gasteiger partial charge in [0.2, 0.25) is 0 Å². The van der Waals surface area contributed by atoms with Crippen molar-refractivity contribution in [1.29, 1.82) is 0 Å². The molecule has 0 bridgehead atoms. The number of carbonyl (C=O) groups is 1. The number of aryl methyl sites for hydroxylation is 1. The van der Waals surface area contributed by atoms with Crippen LogP contribution in [0.25, 0.3) is 0 Å². The minimum absolute atomic E-state index is 0.366.